The molecular weight excluding hydrogens is 392 g/mol. The summed E-state index contributed by atoms with van der Waals surface area (Å²) in [7, 11) is 0. The first-order valence-electron chi connectivity index (χ1n) is 9.05. The fourth-order valence-electron chi connectivity index (χ4n) is 3.14. The highest BCUT2D eigenvalue weighted by Crippen LogP contribution is 2.31. The smallest absolute Gasteiger partial charge is 0.298 e. The van der Waals surface area contributed by atoms with Gasteiger partial charge >= 0.3 is 0 Å². The molecule has 1 saturated heterocycles. The molecule has 1 N–H and O–H groups in total. The number of anilines is 1. The first kappa shape index (κ1) is 19.0. The Balaban J connectivity index is 1.62. The van der Waals surface area contributed by atoms with Crippen molar-refractivity contribution >= 4 is 32.6 Å². The SMILES string of the molecule is O=C(C1=COCCO1)N(CC[NH+]1CCOCC1)c1nc2c(F)cc(F)cc2s1. The van der Waals surface area contributed by atoms with Crippen LogP contribution in [0.3, 0.4) is 0 Å². The van der Waals surface area contributed by atoms with Crippen LogP contribution in [0.1, 0.15) is 0 Å². The third kappa shape index (κ3) is 4.08. The molecule has 1 amide bonds. The molecule has 2 aliphatic heterocycles. The van der Waals surface area contributed by atoms with Crippen LogP contribution < -0.4 is 9.80 Å². The topological polar surface area (TPSA) is 65.3 Å². The lowest BCUT2D eigenvalue weighted by atomic mass is 10.3. The average Bonchev–Trinajstić information content (AvgIpc) is 3.13. The Morgan fingerprint density at radius 2 is 2.04 bits per heavy atom. The Morgan fingerprint density at radius 1 is 1.21 bits per heavy atom. The van der Waals surface area contributed by atoms with E-state index in [0.717, 1.165) is 30.5 Å². The molecule has 1 fully saturated rings. The van der Waals surface area contributed by atoms with Crippen LogP contribution in [0.5, 0.6) is 0 Å². The highest BCUT2D eigenvalue weighted by atomic mass is 32.1. The van der Waals surface area contributed by atoms with Crippen molar-refractivity contribution in [3.63, 3.8) is 0 Å². The summed E-state index contributed by atoms with van der Waals surface area (Å²) in [6.45, 7) is 4.75. The van der Waals surface area contributed by atoms with Gasteiger partial charge in [-0.15, -0.1) is 0 Å². The van der Waals surface area contributed by atoms with Crippen LogP contribution in [0.25, 0.3) is 10.2 Å². The molecule has 1 aromatic carbocycles. The molecule has 2 aromatic rings. The van der Waals surface area contributed by atoms with Crippen LogP contribution in [0.4, 0.5) is 13.9 Å². The number of benzene rings is 1. The van der Waals surface area contributed by atoms with Gasteiger partial charge in [0.05, 0.1) is 31.0 Å². The summed E-state index contributed by atoms with van der Waals surface area (Å²) < 4.78 is 43.9. The zero-order valence-corrected chi connectivity index (χ0v) is 15.9. The van der Waals surface area contributed by atoms with E-state index in [4.69, 9.17) is 14.2 Å². The van der Waals surface area contributed by atoms with E-state index < -0.39 is 17.5 Å². The summed E-state index contributed by atoms with van der Waals surface area (Å²) in [4.78, 5) is 20.0. The summed E-state index contributed by atoms with van der Waals surface area (Å²) in [6, 6.07) is 2.01. The number of quaternary nitrogens is 1. The number of nitrogens with zero attached hydrogens (tertiary/aromatic N) is 2. The third-order valence-corrected chi connectivity index (χ3v) is 5.65. The quantitative estimate of drug-likeness (QED) is 0.784. The van der Waals surface area contributed by atoms with Crippen molar-refractivity contribution in [1.29, 1.82) is 0 Å². The van der Waals surface area contributed by atoms with E-state index in [2.05, 4.69) is 4.98 Å². The number of nitrogens with one attached hydrogen (secondary N) is 1. The molecule has 3 heterocycles. The average molecular weight is 412 g/mol. The minimum absolute atomic E-state index is 0.0488. The van der Waals surface area contributed by atoms with E-state index in [1.54, 1.807) is 0 Å². The summed E-state index contributed by atoms with van der Waals surface area (Å²) in [5.74, 6) is -1.76. The largest absolute Gasteiger partial charge is 0.494 e. The van der Waals surface area contributed by atoms with Crippen molar-refractivity contribution in [2.45, 2.75) is 0 Å². The zero-order chi connectivity index (χ0) is 19.5. The molecular formula is C18H20F2N3O4S+. The van der Waals surface area contributed by atoms with Crippen molar-refractivity contribution in [2.75, 3.05) is 57.5 Å². The van der Waals surface area contributed by atoms with E-state index in [1.807, 2.05) is 0 Å². The number of fused-ring (bicyclic) bond motifs is 1. The van der Waals surface area contributed by atoms with Crippen LogP contribution in [0.15, 0.2) is 24.2 Å². The predicted octanol–water partition coefficient (Wildman–Crippen LogP) is 0.711. The maximum atomic E-state index is 14.1. The van der Waals surface area contributed by atoms with E-state index in [-0.39, 0.29) is 17.9 Å². The Labute approximate surface area is 164 Å². The molecule has 0 bridgehead atoms. The fraction of sp³-hybridized carbons (Fsp3) is 0.444. The van der Waals surface area contributed by atoms with Gasteiger partial charge in [-0.1, -0.05) is 11.3 Å². The van der Waals surface area contributed by atoms with E-state index in [0.29, 0.717) is 42.7 Å². The number of amides is 1. The van der Waals surface area contributed by atoms with E-state index >= 15 is 0 Å². The summed E-state index contributed by atoms with van der Waals surface area (Å²) in [6.07, 6.45) is 1.29. The molecule has 0 atom stereocenters. The molecule has 4 rings (SSSR count). The minimum atomic E-state index is -0.750. The Morgan fingerprint density at radius 3 is 2.79 bits per heavy atom. The van der Waals surface area contributed by atoms with Crippen LogP contribution in [0, 0.1) is 11.6 Å². The van der Waals surface area contributed by atoms with Gasteiger partial charge in [0.25, 0.3) is 5.91 Å². The molecule has 28 heavy (non-hydrogen) atoms. The number of aromatic nitrogens is 1. The summed E-state index contributed by atoms with van der Waals surface area (Å²) >= 11 is 1.07. The second kappa shape index (κ2) is 8.38. The van der Waals surface area contributed by atoms with Crippen LogP contribution >= 0.6 is 11.3 Å². The fourth-order valence-corrected chi connectivity index (χ4v) is 4.17. The van der Waals surface area contributed by atoms with Gasteiger partial charge in [0.15, 0.2) is 10.9 Å². The number of carbonyl (C=O) groups excluding carboxylic acids is 1. The second-order valence-corrected chi connectivity index (χ2v) is 7.51. The summed E-state index contributed by atoms with van der Waals surface area (Å²) in [5.41, 5.74) is 0.0488. The Kier molecular flexibility index (Phi) is 5.69. The predicted molar refractivity (Wildman–Crippen MR) is 98.3 cm³/mol. The third-order valence-electron chi connectivity index (χ3n) is 4.63. The number of rotatable bonds is 5. The van der Waals surface area contributed by atoms with Gasteiger partial charge in [-0.05, 0) is 6.07 Å². The number of hydrogen-bond acceptors (Lipinski definition) is 6. The van der Waals surface area contributed by atoms with E-state index in [9.17, 15) is 13.6 Å². The van der Waals surface area contributed by atoms with Crippen molar-refractivity contribution in [2.24, 2.45) is 0 Å². The normalized spacial score (nSPS) is 17.7. The maximum absolute atomic E-state index is 14.1. The number of thiazole rings is 1. The monoisotopic (exact) mass is 412 g/mol. The molecule has 0 radical (unpaired) electrons. The molecule has 150 valence electrons. The summed E-state index contributed by atoms with van der Waals surface area (Å²) in [5, 5.41) is 0.298. The molecule has 0 saturated carbocycles. The van der Waals surface area contributed by atoms with Gasteiger partial charge in [0.2, 0.25) is 5.76 Å². The van der Waals surface area contributed by atoms with Gasteiger partial charge in [0.1, 0.15) is 43.9 Å². The first-order chi connectivity index (χ1) is 13.6. The van der Waals surface area contributed by atoms with Crippen molar-refractivity contribution < 1.29 is 32.7 Å². The highest BCUT2D eigenvalue weighted by Gasteiger charge is 2.28. The van der Waals surface area contributed by atoms with Crippen molar-refractivity contribution in [3.8, 4) is 0 Å². The highest BCUT2D eigenvalue weighted by molar-refractivity contribution is 7.22. The number of hydrogen-bond donors (Lipinski definition) is 1. The standard InChI is InChI=1S/C18H19F2N3O4S/c19-12-9-13(20)16-15(10-12)28-18(21-16)23(2-1-22-3-5-25-6-4-22)17(24)14-11-26-7-8-27-14/h9-11H,1-8H2/p+1. The number of halogens is 2. The molecule has 0 aliphatic carbocycles. The van der Waals surface area contributed by atoms with Gasteiger partial charge in [-0.25, -0.2) is 13.8 Å². The maximum Gasteiger partial charge on any atom is 0.298 e. The Bertz CT molecular complexity index is 898. The first-order valence-corrected chi connectivity index (χ1v) is 9.87. The van der Waals surface area contributed by atoms with Gasteiger partial charge < -0.3 is 19.1 Å². The molecule has 0 spiro atoms. The van der Waals surface area contributed by atoms with E-state index in [1.165, 1.54) is 22.1 Å². The number of morpholine rings is 1. The van der Waals surface area contributed by atoms with Crippen LogP contribution in [-0.4, -0.2) is 63.5 Å². The lowest BCUT2D eigenvalue weighted by Crippen LogP contribution is -3.14. The van der Waals surface area contributed by atoms with Crippen molar-refractivity contribution in [1.82, 2.24) is 4.98 Å². The van der Waals surface area contributed by atoms with Gasteiger partial charge in [-0.3, -0.25) is 9.69 Å². The number of carbonyl (C=O) groups is 1. The van der Waals surface area contributed by atoms with Crippen molar-refractivity contribution in [3.05, 3.63) is 35.8 Å². The molecule has 1 aromatic heterocycles. The Hall–Kier alpha value is -2.30. The van der Waals surface area contributed by atoms with Crippen LogP contribution in [0.2, 0.25) is 0 Å². The minimum Gasteiger partial charge on any atom is -0.494 e. The molecule has 0 unspecified atom stereocenters. The molecule has 2 aliphatic rings. The molecule has 10 heteroatoms. The second-order valence-electron chi connectivity index (χ2n) is 6.50. The lowest BCUT2D eigenvalue weighted by molar-refractivity contribution is -0.906. The lowest BCUT2D eigenvalue weighted by Gasteiger charge is -2.27. The molecule has 7 nitrogen and oxygen atoms in total. The zero-order valence-electron chi connectivity index (χ0n) is 15.1. The number of ether oxygens (including phenoxy) is 3. The van der Waals surface area contributed by atoms with Gasteiger partial charge in [-0.2, -0.15) is 0 Å². The van der Waals surface area contributed by atoms with Gasteiger partial charge in [0, 0.05) is 6.07 Å². The van der Waals surface area contributed by atoms with Crippen LogP contribution in [-0.2, 0) is 19.0 Å².